The van der Waals surface area contributed by atoms with E-state index in [0.29, 0.717) is 5.82 Å². The molecule has 0 saturated heterocycles. The number of rotatable bonds is 3. The number of aliphatic hydroxyl groups is 1. The summed E-state index contributed by atoms with van der Waals surface area (Å²) in [7, 11) is 0. The van der Waals surface area contributed by atoms with Gasteiger partial charge >= 0.3 is 5.97 Å². The fraction of sp³-hybridized carbons (Fsp3) is 0.583. The molecule has 98 valence electrons. The first-order valence-corrected chi connectivity index (χ1v) is 6.18. The van der Waals surface area contributed by atoms with Crippen molar-refractivity contribution in [3.63, 3.8) is 0 Å². The van der Waals surface area contributed by atoms with E-state index in [2.05, 4.69) is 15.5 Å². The Morgan fingerprint density at radius 1 is 1.22 bits per heavy atom. The van der Waals surface area contributed by atoms with Crippen molar-refractivity contribution >= 4 is 11.8 Å². The van der Waals surface area contributed by atoms with Crippen molar-refractivity contribution in [1.29, 1.82) is 0 Å². The molecule has 0 aliphatic heterocycles. The second-order valence-electron chi connectivity index (χ2n) is 4.57. The van der Waals surface area contributed by atoms with Gasteiger partial charge in [0.15, 0.2) is 5.69 Å². The van der Waals surface area contributed by atoms with E-state index in [9.17, 15) is 9.90 Å². The molecule has 0 spiro atoms. The third-order valence-corrected chi connectivity index (χ3v) is 3.20. The average Bonchev–Trinajstić information content (AvgIpc) is 2.56. The summed E-state index contributed by atoms with van der Waals surface area (Å²) in [6, 6.07) is 2.95. The Hall–Kier alpha value is -1.69. The van der Waals surface area contributed by atoms with Crippen LogP contribution >= 0.6 is 0 Å². The van der Waals surface area contributed by atoms with Crippen LogP contribution < -0.4 is 5.32 Å². The Labute approximate surface area is 105 Å². The van der Waals surface area contributed by atoms with Crippen molar-refractivity contribution in [2.24, 2.45) is 0 Å². The standard InChI is InChI=1S/C12H17N3O3/c16-10-5-3-1-2-4-8(10)13-11-7-6-9(12(17)18)14-15-11/h6-8,10,16H,1-5H2,(H,13,15)(H,17,18). The van der Waals surface area contributed by atoms with Gasteiger partial charge in [-0.25, -0.2) is 4.79 Å². The zero-order valence-corrected chi connectivity index (χ0v) is 10.0. The van der Waals surface area contributed by atoms with Crippen LogP contribution in [0.3, 0.4) is 0 Å². The molecular weight excluding hydrogens is 234 g/mol. The summed E-state index contributed by atoms with van der Waals surface area (Å²) in [4.78, 5) is 10.6. The minimum absolute atomic E-state index is 0.0301. The highest BCUT2D eigenvalue weighted by atomic mass is 16.4. The van der Waals surface area contributed by atoms with Crippen LogP contribution in [0.4, 0.5) is 5.82 Å². The number of hydrogen-bond donors (Lipinski definition) is 3. The maximum atomic E-state index is 10.6. The maximum absolute atomic E-state index is 10.6. The van der Waals surface area contributed by atoms with E-state index in [1.54, 1.807) is 6.07 Å². The van der Waals surface area contributed by atoms with Crippen LogP contribution in [0.1, 0.15) is 42.6 Å². The number of aromatic carboxylic acids is 1. The number of hydrogen-bond acceptors (Lipinski definition) is 5. The minimum Gasteiger partial charge on any atom is -0.476 e. The molecule has 1 aliphatic rings. The van der Waals surface area contributed by atoms with Gasteiger partial charge in [-0.3, -0.25) is 0 Å². The van der Waals surface area contributed by atoms with Crippen molar-refractivity contribution in [3.05, 3.63) is 17.8 Å². The van der Waals surface area contributed by atoms with Crippen LogP contribution in [-0.2, 0) is 0 Å². The van der Waals surface area contributed by atoms with E-state index in [4.69, 9.17) is 5.11 Å². The Bertz CT molecular complexity index is 408. The van der Waals surface area contributed by atoms with Crippen molar-refractivity contribution in [1.82, 2.24) is 10.2 Å². The molecule has 1 heterocycles. The molecule has 0 amide bonds. The summed E-state index contributed by atoms with van der Waals surface area (Å²) in [6.45, 7) is 0. The molecule has 0 bridgehead atoms. The molecular formula is C12H17N3O3. The van der Waals surface area contributed by atoms with Crippen LogP contribution in [0, 0.1) is 0 Å². The predicted octanol–water partition coefficient (Wildman–Crippen LogP) is 1.28. The fourth-order valence-corrected chi connectivity index (χ4v) is 2.17. The first kappa shape index (κ1) is 12.8. The first-order chi connectivity index (χ1) is 8.66. The molecule has 1 aromatic rings. The molecule has 2 atom stereocenters. The molecule has 1 fully saturated rings. The van der Waals surface area contributed by atoms with Gasteiger partial charge in [-0.1, -0.05) is 19.3 Å². The lowest BCUT2D eigenvalue weighted by atomic mass is 10.1. The zero-order valence-electron chi connectivity index (χ0n) is 10.0. The Morgan fingerprint density at radius 3 is 2.67 bits per heavy atom. The number of aliphatic hydroxyl groups excluding tert-OH is 1. The number of carboxylic acids is 1. The van der Waals surface area contributed by atoms with Gasteiger partial charge in [0.25, 0.3) is 0 Å². The normalized spacial score (nSPS) is 24.3. The molecule has 1 aromatic heterocycles. The zero-order chi connectivity index (χ0) is 13.0. The van der Waals surface area contributed by atoms with Crippen molar-refractivity contribution < 1.29 is 15.0 Å². The molecule has 0 aromatic carbocycles. The summed E-state index contributed by atoms with van der Waals surface area (Å²) in [5.41, 5.74) is -0.0815. The third-order valence-electron chi connectivity index (χ3n) is 3.20. The summed E-state index contributed by atoms with van der Waals surface area (Å²) in [5.74, 6) is -0.588. The van der Waals surface area contributed by atoms with Gasteiger partial charge in [-0.2, -0.15) is 0 Å². The highest BCUT2D eigenvalue weighted by Crippen LogP contribution is 2.20. The third kappa shape index (κ3) is 3.16. The van der Waals surface area contributed by atoms with E-state index in [-0.39, 0.29) is 17.8 Å². The van der Waals surface area contributed by atoms with Crippen LogP contribution in [-0.4, -0.2) is 38.5 Å². The Kier molecular flexibility index (Phi) is 4.09. The Balaban J connectivity index is 2.01. The lowest BCUT2D eigenvalue weighted by molar-refractivity contribution is 0.0689. The van der Waals surface area contributed by atoms with Crippen LogP contribution in [0.5, 0.6) is 0 Å². The molecule has 1 saturated carbocycles. The molecule has 3 N–H and O–H groups in total. The van der Waals surface area contributed by atoms with Gasteiger partial charge in [0.1, 0.15) is 5.82 Å². The number of anilines is 1. The highest BCUT2D eigenvalue weighted by Gasteiger charge is 2.21. The largest absolute Gasteiger partial charge is 0.476 e. The van der Waals surface area contributed by atoms with Crippen LogP contribution in [0.25, 0.3) is 0 Å². The number of aromatic nitrogens is 2. The minimum atomic E-state index is -1.09. The summed E-state index contributed by atoms with van der Waals surface area (Å²) in [5, 5.41) is 29.2. The smallest absolute Gasteiger partial charge is 0.356 e. The van der Waals surface area contributed by atoms with E-state index >= 15 is 0 Å². The Morgan fingerprint density at radius 2 is 2.00 bits per heavy atom. The van der Waals surface area contributed by atoms with Crippen molar-refractivity contribution in [2.75, 3.05) is 5.32 Å². The van der Waals surface area contributed by atoms with E-state index < -0.39 is 5.97 Å². The van der Waals surface area contributed by atoms with Gasteiger partial charge in [0, 0.05) is 0 Å². The second-order valence-corrected chi connectivity index (χ2v) is 4.57. The highest BCUT2D eigenvalue weighted by molar-refractivity contribution is 5.85. The molecule has 2 unspecified atom stereocenters. The summed E-state index contributed by atoms with van der Waals surface area (Å²) < 4.78 is 0. The molecule has 6 nitrogen and oxygen atoms in total. The molecule has 2 rings (SSSR count). The molecule has 0 radical (unpaired) electrons. The number of carboxylic acid groups (broad SMARTS) is 1. The summed E-state index contributed by atoms with van der Waals surface area (Å²) in [6.07, 6.45) is 4.56. The first-order valence-electron chi connectivity index (χ1n) is 6.18. The topological polar surface area (TPSA) is 95.3 Å². The van der Waals surface area contributed by atoms with Crippen LogP contribution in [0.15, 0.2) is 12.1 Å². The fourth-order valence-electron chi connectivity index (χ4n) is 2.17. The quantitative estimate of drug-likeness (QED) is 0.700. The summed E-state index contributed by atoms with van der Waals surface area (Å²) >= 11 is 0. The predicted molar refractivity (Wildman–Crippen MR) is 65.5 cm³/mol. The van der Waals surface area contributed by atoms with Gasteiger partial charge in [-0.15, -0.1) is 10.2 Å². The average molecular weight is 251 g/mol. The number of nitrogens with zero attached hydrogens (tertiary/aromatic N) is 2. The SMILES string of the molecule is O=C(O)c1ccc(NC2CCCCCC2O)nn1. The van der Waals surface area contributed by atoms with Crippen LogP contribution in [0.2, 0.25) is 0 Å². The second kappa shape index (κ2) is 5.77. The molecule has 1 aliphatic carbocycles. The van der Waals surface area contributed by atoms with Gasteiger partial charge < -0.3 is 15.5 Å². The van der Waals surface area contributed by atoms with E-state index in [1.807, 2.05) is 0 Å². The number of nitrogens with one attached hydrogen (secondary N) is 1. The number of carbonyl (C=O) groups is 1. The monoisotopic (exact) mass is 251 g/mol. The van der Waals surface area contributed by atoms with E-state index in [1.165, 1.54) is 6.07 Å². The lowest BCUT2D eigenvalue weighted by Crippen LogP contribution is -2.32. The van der Waals surface area contributed by atoms with E-state index in [0.717, 1.165) is 32.1 Å². The molecule has 18 heavy (non-hydrogen) atoms. The van der Waals surface area contributed by atoms with Crippen molar-refractivity contribution in [2.45, 2.75) is 44.2 Å². The van der Waals surface area contributed by atoms with Gasteiger partial charge in [0.2, 0.25) is 0 Å². The van der Waals surface area contributed by atoms with Gasteiger partial charge in [-0.05, 0) is 25.0 Å². The van der Waals surface area contributed by atoms with Crippen molar-refractivity contribution in [3.8, 4) is 0 Å². The van der Waals surface area contributed by atoms with Gasteiger partial charge in [0.05, 0.1) is 12.1 Å². The molecule has 6 heteroatoms. The maximum Gasteiger partial charge on any atom is 0.356 e. The lowest BCUT2D eigenvalue weighted by Gasteiger charge is -2.21.